The predicted molar refractivity (Wildman–Crippen MR) is 159 cm³/mol. The number of aliphatic hydroxyl groups excluding tert-OH is 1. The van der Waals surface area contributed by atoms with Crippen LogP contribution in [-0.2, 0) is 14.3 Å². The van der Waals surface area contributed by atoms with E-state index in [0.717, 1.165) is 18.5 Å². The number of para-hydroxylation sites is 1. The molecule has 1 aromatic heterocycles. The number of rotatable bonds is 11. The summed E-state index contributed by atoms with van der Waals surface area (Å²) in [5.41, 5.74) is 2.61. The first-order chi connectivity index (χ1) is 19.9. The minimum absolute atomic E-state index is 0.0820. The number of hydrogen-bond acceptors (Lipinski definition) is 6. The Morgan fingerprint density at radius 1 is 1.07 bits per heavy atom. The number of ether oxygens (including phenoxy) is 3. The molecule has 0 aliphatic carbocycles. The molecule has 0 spiro atoms. The maximum absolute atomic E-state index is 13.0. The third-order valence-corrected chi connectivity index (χ3v) is 7.46. The minimum atomic E-state index is -1.06. The Labute approximate surface area is 246 Å². The number of amides is 1. The molecular formula is C32H37ClN2O6. The van der Waals surface area contributed by atoms with Crippen molar-refractivity contribution in [1.29, 1.82) is 0 Å². The van der Waals surface area contributed by atoms with Crippen LogP contribution in [0.5, 0.6) is 11.5 Å². The van der Waals surface area contributed by atoms with Gasteiger partial charge in [0.05, 0.1) is 26.0 Å². The largest absolute Gasteiger partial charge is 0.493 e. The van der Waals surface area contributed by atoms with Gasteiger partial charge in [-0.05, 0) is 75.1 Å². The summed E-state index contributed by atoms with van der Waals surface area (Å²) in [6.07, 6.45) is 6.10. The van der Waals surface area contributed by atoms with E-state index in [0.29, 0.717) is 66.1 Å². The lowest BCUT2D eigenvalue weighted by molar-refractivity contribution is -0.144. The Balaban J connectivity index is 1.54. The monoisotopic (exact) mass is 580 g/mol. The second kappa shape index (κ2) is 14.2. The minimum Gasteiger partial charge on any atom is -0.493 e. The fraction of sp³-hybridized carbons (Fsp3) is 0.375. The number of aromatic nitrogens is 1. The van der Waals surface area contributed by atoms with E-state index < -0.39 is 6.10 Å². The van der Waals surface area contributed by atoms with Crippen LogP contribution in [0.15, 0.2) is 60.8 Å². The lowest BCUT2D eigenvalue weighted by atomic mass is 9.93. The second-order valence-electron chi connectivity index (χ2n) is 9.83. The summed E-state index contributed by atoms with van der Waals surface area (Å²) in [5.74, 6) is 0.980. The topological polar surface area (TPSA) is 90.2 Å². The molecule has 1 unspecified atom stereocenters. The SMILES string of the molecule is CCOC(=O)CC1CCN(C(=O)/C=C/c2cccn2-c2ccc(Cl)cc2C(O)c2cccc(OC)c2OCC)CC1. The molecule has 1 atom stereocenters. The summed E-state index contributed by atoms with van der Waals surface area (Å²) >= 11 is 6.39. The first-order valence-corrected chi connectivity index (χ1v) is 14.3. The number of methoxy groups -OCH3 is 1. The fourth-order valence-corrected chi connectivity index (χ4v) is 5.34. The highest BCUT2D eigenvalue weighted by Gasteiger charge is 2.25. The van der Waals surface area contributed by atoms with Crippen molar-refractivity contribution < 1.29 is 28.9 Å². The Bertz CT molecular complexity index is 1380. The molecule has 218 valence electrons. The lowest BCUT2D eigenvalue weighted by Gasteiger charge is -2.30. The molecule has 1 amide bonds. The highest BCUT2D eigenvalue weighted by atomic mass is 35.5. The number of halogens is 1. The van der Waals surface area contributed by atoms with Gasteiger partial charge in [-0.25, -0.2) is 0 Å². The highest BCUT2D eigenvalue weighted by molar-refractivity contribution is 6.30. The highest BCUT2D eigenvalue weighted by Crippen LogP contribution is 2.40. The molecular weight excluding hydrogens is 544 g/mol. The molecule has 2 heterocycles. The molecule has 0 radical (unpaired) electrons. The first kappa shape index (κ1) is 30.2. The second-order valence-corrected chi connectivity index (χ2v) is 10.3. The van der Waals surface area contributed by atoms with Crippen molar-refractivity contribution in [2.24, 2.45) is 5.92 Å². The number of nitrogens with zero attached hydrogens (tertiary/aromatic N) is 2. The zero-order chi connectivity index (χ0) is 29.4. The van der Waals surface area contributed by atoms with Gasteiger partial charge < -0.3 is 28.8 Å². The molecule has 1 saturated heterocycles. The molecule has 1 fully saturated rings. The van der Waals surface area contributed by atoms with Gasteiger partial charge in [0.25, 0.3) is 0 Å². The average Bonchev–Trinajstić information content (AvgIpc) is 3.44. The van der Waals surface area contributed by atoms with Crippen LogP contribution in [0.1, 0.15) is 56.0 Å². The van der Waals surface area contributed by atoms with Gasteiger partial charge in [0.15, 0.2) is 11.5 Å². The summed E-state index contributed by atoms with van der Waals surface area (Å²) in [6, 6.07) is 14.5. The van der Waals surface area contributed by atoms with Crippen molar-refractivity contribution in [2.45, 2.75) is 39.2 Å². The smallest absolute Gasteiger partial charge is 0.306 e. The van der Waals surface area contributed by atoms with E-state index in [1.165, 1.54) is 0 Å². The van der Waals surface area contributed by atoms with Gasteiger partial charge >= 0.3 is 5.97 Å². The van der Waals surface area contributed by atoms with Crippen LogP contribution in [0.2, 0.25) is 5.02 Å². The molecule has 0 bridgehead atoms. The molecule has 3 aromatic rings. The van der Waals surface area contributed by atoms with Crippen LogP contribution in [0.25, 0.3) is 11.8 Å². The maximum atomic E-state index is 13.0. The van der Waals surface area contributed by atoms with E-state index in [4.69, 9.17) is 25.8 Å². The van der Waals surface area contributed by atoms with E-state index in [2.05, 4.69) is 0 Å². The Morgan fingerprint density at radius 2 is 1.85 bits per heavy atom. The standard InChI is InChI=1S/C32H37ClN2O6/c1-4-40-30(37)20-22-15-18-34(19-16-22)29(36)14-12-24-8-7-17-35(24)27-13-11-23(33)21-26(27)31(38)25-9-6-10-28(39-3)32(25)41-5-2/h6-14,17,21-22,31,38H,4-5,15-16,18-20H2,1-3H3/b14-12+. The number of piperidine rings is 1. The molecule has 1 aliphatic heterocycles. The molecule has 1 N–H and O–H groups in total. The van der Waals surface area contributed by atoms with Crippen molar-refractivity contribution in [3.8, 4) is 17.2 Å². The van der Waals surface area contributed by atoms with Gasteiger partial charge in [-0.1, -0.05) is 23.7 Å². The summed E-state index contributed by atoms with van der Waals surface area (Å²) in [4.78, 5) is 26.6. The zero-order valence-electron chi connectivity index (χ0n) is 23.7. The number of likely N-dealkylation sites (tertiary alicyclic amines) is 1. The molecule has 0 saturated carbocycles. The maximum Gasteiger partial charge on any atom is 0.306 e. The normalized spacial score (nSPS) is 14.7. The Kier molecular flexibility index (Phi) is 10.5. The van der Waals surface area contributed by atoms with Crippen molar-refractivity contribution in [3.63, 3.8) is 0 Å². The molecule has 8 nitrogen and oxygen atoms in total. The molecule has 4 rings (SSSR count). The lowest BCUT2D eigenvalue weighted by Crippen LogP contribution is -2.38. The van der Waals surface area contributed by atoms with E-state index >= 15 is 0 Å². The summed E-state index contributed by atoms with van der Waals surface area (Å²) in [7, 11) is 1.56. The quantitative estimate of drug-likeness (QED) is 0.227. The van der Waals surface area contributed by atoms with Crippen molar-refractivity contribution in [2.75, 3.05) is 33.4 Å². The van der Waals surface area contributed by atoms with E-state index in [1.807, 2.05) is 35.9 Å². The Hall–Kier alpha value is -3.75. The van der Waals surface area contributed by atoms with Crippen LogP contribution in [0, 0.1) is 5.92 Å². The molecule has 1 aliphatic rings. The van der Waals surface area contributed by atoms with Gasteiger partial charge in [0, 0.05) is 53.6 Å². The average molecular weight is 581 g/mol. The van der Waals surface area contributed by atoms with Crippen LogP contribution in [0.4, 0.5) is 0 Å². The fourth-order valence-electron chi connectivity index (χ4n) is 5.16. The van der Waals surface area contributed by atoms with Crippen LogP contribution < -0.4 is 9.47 Å². The molecule has 41 heavy (non-hydrogen) atoms. The van der Waals surface area contributed by atoms with Gasteiger partial charge in [-0.2, -0.15) is 0 Å². The van der Waals surface area contributed by atoms with Gasteiger partial charge in [0.2, 0.25) is 5.91 Å². The van der Waals surface area contributed by atoms with E-state index in [-0.39, 0.29) is 17.8 Å². The number of hydrogen-bond donors (Lipinski definition) is 1. The number of benzene rings is 2. The van der Waals surface area contributed by atoms with Crippen LogP contribution in [0.3, 0.4) is 0 Å². The van der Waals surface area contributed by atoms with Gasteiger partial charge in [-0.15, -0.1) is 0 Å². The van der Waals surface area contributed by atoms with E-state index in [1.54, 1.807) is 61.4 Å². The molecule has 2 aromatic carbocycles. The summed E-state index contributed by atoms with van der Waals surface area (Å²) in [5, 5.41) is 12.1. The third-order valence-electron chi connectivity index (χ3n) is 7.22. The molecule has 9 heteroatoms. The first-order valence-electron chi connectivity index (χ1n) is 13.9. The number of carbonyl (C=O) groups excluding carboxylic acids is 2. The predicted octanol–water partition coefficient (Wildman–Crippen LogP) is 5.82. The Morgan fingerprint density at radius 3 is 2.56 bits per heavy atom. The zero-order valence-corrected chi connectivity index (χ0v) is 24.5. The van der Waals surface area contributed by atoms with Gasteiger partial charge in [0.1, 0.15) is 6.10 Å². The number of aliphatic hydroxyl groups is 1. The number of carbonyl (C=O) groups is 2. The summed E-state index contributed by atoms with van der Waals surface area (Å²) < 4.78 is 18.3. The van der Waals surface area contributed by atoms with Crippen molar-refractivity contribution >= 4 is 29.6 Å². The van der Waals surface area contributed by atoms with Crippen LogP contribution in [-0.4, -0.2) is 59.9 Å². The summed E-state index contributed by atoms with van der Waals surface area (Å²) in [6.45, 7) is 5.67. The van der Waals surface area contributed by atoms with E-state index in [9.17, 15) is 14.7 Å². The number of esters is 1. The van der Waals surface area contributed by atoms with Crippen molar-refractivity contribution in [1.82, 2.24) is 9.47 Å². The van der Waals surface area contributed by atoms with Crippen LogP contribution >= 0.6 is 11.6 Å². The van der Waals surface area contributed by atoms with Gasteiger partial charge in [-0.3, -0.25) is 9.59 Å². The van der Waals surface area contributed by atoms with Crippen molar-refractivity contribution in [3.05, 3.63) is 82.6 Å². The third kappa shape index (κ3) is 7.31.